The van der Waals surface area contributed by atoms with E-state index in [2.05, 4.69) is 45.0 Å². The Morgan fingerprint density at radius 2 is 1.56 bits per heavy atom. The van der Waals surface area contributed by atoms with Gasteiger partial charge in [0, 0.05) is 0 Å². The molecule has 0 amide bonds. The first-order valence-electron chi connectivity index (χ1n) is 3.34. The summed E-state index contributed by atoms with van der Waals surface area (Å²) < 4.78 is 0. The van der Waals surface area contributed by atoms with Crippen molar-refractivity contribution in [2.75, 3.05) is 0 Å². The van der Waals surface area contributed by atoms with Crippen LogP contribution in [0.1, 0.15) is 13.8 Å². The van der Waals surface area contributed by atoms with E-state index < -0.39 is 8.07 Å². The number of hydrogen-bond donors (Lipinski definition) is 0. The third-order valence-corrected chi connectivity index (χ3v) is 6.37. The van der Waals surface area contributed by atoms with E-state index in [9.17, 15) is 0 Å². The molecule has 0 rings (SSSR count). The highest BCUT2D eigenvalue weighted by Gasteiger charge is 2.22. The van der Waals surface area contributed by atoms with Gasteiger partial charge in [-0.15, -0.1) is 13.2 Å². The topological polar surface area (TPSA) is 0 Å². The van der Waals surface area contributed by atoms with Crippen LogP contribution in [0.15, 0.2) is 24.6 Å². The molecule has 0 N–H and O–H groups in total. The maximum Gasteiger partial charge on any atom is 0.0999 e. The van der Waals surface area contributed by atoms with Crippen LogP contribution in [0.5, 0.6) is 0 Å². The summed E-state index contributed by atoms with van der Waals surface area (Å²) >= 11 is 0. The standard InChI is InChI=1S/C8H16Si/c1-6-9(5,7-2)8(3)4/h6-8H,1-2H2,3-5H3. The highest BCUT2D eigenvalue weighted by atomic mass is 28.3. The molecule has 0 bridgehead atoms. The van der Waals surface area contributed by atoms with Crippen LogP contribution in [0.4, 0.5) is 0 Å². The van der Waals surface area contributed by atoms with Crippen molar-refractivity contribution >= 4 is 8.07 Å². The van der Waals surface area contributed by atoms with Gasteiger partial charge in [0.05, 0.1) is 8.07 Å². The predicted octanol–water partition coefficient (Wildman–Crippen LogP) is 2.93. The average molecular weight is 140 g/mol. The van der Waals surface area contributed by atoms with E-state index in [1.165, 1.54) is 0 Å². The maximum atomic E-state index is 3.82. The van der Waals surface area contributed by atoms with Crippen LogP contribution in [0.3, 0.4) is 0 Å². The highest BCUT2D eigenvalue weighted by Crippen LogP contribution is 2.21. The minimum atomic E-state index is -1.25. The van der Waals surface area contributed by atoms with Crippen LogP contribution in [0, 0.1) is 0 Å². The molecule has 0 atom stereocenters. The van der Waals surface area contributed by atoms with Crippen LogP contribution in [-0.4, -0.2) is 8.07 Å². The lowest BCUT2D eigenvalue weighted by atomic mass is 10.6. The highest BCUT2D eigenvalue weighted by molar-refractivity contribution is 6.88. The Kier molecular flexibility index (Phi) is 2.92. The van der Waals surface area contributed by atoms with Crippen LogP contribution < -0.4 is 0 Å². The Morgan fingerprint density at radius 3 is 1.56 bits per heavy atom. The molecule has 0 fully saturated rings. The van der Waals surface area contributed by atoms with Gasteiger partial charge in [0.25, 0.3) is 0 Å². The van der Waals surface area contributed by atoms with Crippen molar-refractivity contribution in [2.24, 2.45) is 0 Å². The number of hydrogen-bond acceptors (Lipinski definition) is 0. The Balaban J connectivity index is 4.26. The lowest BCUT2D eigenvalue weighted by Gasteiger charge is -2.22. The molecule has 0 heterocycles. The molecule has 0 nitrogen and oxygen atoms in total. The molecular weight excluding hydrogens is 124 g/mol. The monoisotopic (exact) mass is 140 g/mol. The molecule has 0 aliphatic heterocycles. The van der Waals surface area contributed by atoms with Gasteiger partial charge < -0.3 is 0 Å². The van der Waals surface area contributed by atoms with E-state index in [0.29, 0.717) is 0 Å². The molecule has 0 spiro atoms. The van der Waals surface area contributed by atoms with Crippen molar-refractivity contribution in [1.82, 2.24) is 0 Å². The summed E-state index contributed by atoms with van der Waals surface area (Å²) in [5, 5.41) is 0. The lowest BCUT2D eigenvalue weighted by molar-refractivity contribution is 1.03. The van der Waals surface area contributed by atoms with Crippen LogP contribution in [-0.2, 0) is 0 Å². The Hall–Kier alpha value is -0.303. The molecule has 0 aromatic carbocycles. The first-order chi connectivity index (χ1) is 4.06. The molecule has 0 saturated heterocycles. The summed E-state index contributed by atoms with van der Waals surface area (Å²) in [6.45, 7) is 14.4. The van der Waals surface area contributed by atoms with E-state index in [4.69, 9.17) is 0 Å². The van der Waals surface area contributed by atoms with Crippen molar-refractivity contribution < 1.29 is 0 Å². The molecule has 0 radical (unpaired) electrons. The molecule has 1 heteroatoms. The summed E-state index contributed by atoms with van der Waals surface area (Å²) in [6, 6.07) is 0. The van der Waals surface area contributed by atoms with Gasteiger partial charge in [0.2, 0.25) is 0 Å². The van der Waals surface area contributed by atoms with Crippen LogP contribution in [0.2, 0.25) is 12.1 Å². The summed E-state index contributed by atoms with van der Waals surface area (Å²) in [4.78, 5) is 0. The minimum Gasteiger partial charge on any atom is -0.107 e. The van der Waals surface area contributed by atoms with Crippen molar-refractivity contribution in [2.45, 2.75) is 25.9 Å². The van der Waals surface area contributed by atoms with Crippen molar-refractivity contribution in [1.29, 1.82) is 0 Å². The van der Waals surface area contributed by atoms with Gasteiger partial charge in [-0.2, -0.15) is 0 Å². The third-order valence-electron chi connectivity index (χ3n) is 2.12. The fraction of sp³-hybridized carbons (Fsp3) is 0.500. The van der Waals surface area contributed by atoms with Gasteiger partial charge in [0.15, 0.2) is 0 Å². The second-order valence-corrected chi connectivity index (χ2v) is 7.63. The van der Waals surface area contributed by atoms with E-state index in [1.54, 1.807) is 0 Å². The molecule has 0 aromatic rings. The van der Waals surface area contributed by atoms with Gasteiger partial charge >= 0.3 is 0 Å². The predicted molar refractivity (Wildman–Crippen MR) is 47.1 cm³/mol. The van der Waals surface area contributed by atoms with E-state index >= 15 is 0 Å². The molecule has 0 unspecified atom stereocenters. The van der Waals surface area contributed by atoms with Crippen LogP contribution in [0.25, 0.3) is 0 Å². The minimum absolute atomic E-state index is 0.729. The molecular formula is C8H16Si. The lowest BCUT2D eigenvalue weighted by Crippen LogP contribution is -2.28. The summed E-state index contributed by atoms with van der Waals surface area (Å²) in [7, 11) is -1.25. The average Bonchev–Trinajstić information content (AvgIpc) is 1.86. The van der Waals surface area contributed by atoms with E-state index in [-0.39, 0.29) is 0 Å². The zero-order chi connectivity index (χ0) is 7.49. The second kappa shape index (κ2) is 3.02. The summed E-state index contributed by atoms with van der Waals surface area (Å²) in [5.41, 5.74) is 4.91. The molecule has 0 aliphatic rings. The Morgan fingerprint density at radius 1 is 1.22 bits per heavy atom. The first-order valence-corrected chi connectivity index (χ1v) is 6.07. The van der Waals surface area contributed by atoms with E-state index in [0.717, 1.165) is 5.54 Å². The van der Waals surface area contributed by atoms with Crippen LogP contribution >= 0.6 is 0 Å². The molecule has 0 aromatic heterocycles. The van der Waals surface area contributed by atoms with Crippen molar-refractivity contribution in [3.63, 3.8) is 0 Å². The SMILES string of the molecule is C=C[Si](C)(C=C)C(C)C. The van der Waals surface area contributed by atoms with Gasteiger partial charge in [-0.05, 0) is 5.54 Å². The first kappa shape index (κ1) is 8.70. The van der Waals surface area contributed by atoms with Gasteiger partial charge in [0.1, 0.15) is 0 Å². The van der Waals surface area contributed by atoms with E-state index in [1.807, 2.05) is 0 Å². The molecule has 9 heavy (non-hydrogen) atoms. The fourth-order valence-corrected chi connectivity index (χ4v) is 1.66. The van der Waals surface area contributed by atoms with Crippen molar-refractivity contribution in [3.05, 3.63) is 24.6 Å². The maximum absolute atomic E-state index is 3.82. The summed E-state index contributed by atoms with van der Waals surface area (Å²) in [6.07, 6.45) is 0. The van der Waals surface area contributed by atoms with Gasteiger partial charge in [-0.3, -0.25) is 0 Å². The van der Waals surface area contributed by atoms with Gasteiger partial charge in [-0.1, -0.05) is 31.8 Å². The van der Waals surface area contributed by atoms with Crippen molar-refractivity contribution in [3.8, 4) is 0 Å². The molecule has 0 aliphatic carbocycles. The largest absolute Gasteiger partial charge is 0.107 e. The zero-order valence-corrected chi connectivity index (χ0v) is 7.65. The second-order valence-electron chi connectivity index (χ2n) is 2.93. The Labute approximate surface area is 59.3 Å². The zero-order valence-electron chi connectivity index (χ0n) is 6.65. The normalized spacial score (nSPS) is 11.6. The smallest absolute Gasteiger partial charge is 0.0999 e. The third kappa shape index (κ3) is 1.83. The quantitative estimate of drug-likeness (QED) is 0.529. The van der Waals surface area contributed by atoms with Gasteiger partial charge in [-0.25, -0.2) is 0 Å². The Bertz CT molecular complexity index is 106. The fourth-order valence-electron chi connectivity index (χ4n) is 0.555. The molecule has 52 valence electrons. The number of rotatable bonds is 3. The summed E-state index contributed by atoms with van der Waals surface area (Å²) in [5.74, 6) is 0. The molecule has 0 saturated carbocycles.